The lowest BCUT2D eigenvalue weighted by molar-refractivity contribution is -0.131. The number of anilines is 2. The Balaban J connectivity index is 1.55. The van der Waals surface area contributed by atoms with E-state index in [9.17, 15) is 4.79 Å². The van der Waals surface area contributed by atoms with Gasteiger partial charge in [-0.1, -0.05) is 55.1 Å². The lowest BCUT2D eigenvalue weighted by Crippen LogP contribution is -2.57. The van der Waals surface area contributed by atoms with E-state index >= 15 is 0 Å². The third-order valence-electron chi connectivity index (χ3n) is 7.33. The van der Waals surface area contributed by atoms with E-state index < -0.39 is 5.66 Å². The van der Waals surface area contributed by atoms with Crippen LogP contribution in [0.25, 0.3) is 0 Å². The van der Waals surface area contributed by atoms with Crippen LogP contribution >= 0.6 is 11.6 Å². The quantitative estimate of drug-likeness (QED) is 0.557. The number of ether oxygens (including phenoxy) is 1. The molecule has 6 heteroatoms. The van der Waals surface area contributed by atoms with Crippen LogP contribution in [0.1, 0.15) is 50.5 Å². The Kier molecular flexibility index (Phi) is 6.29. The Labute approximate surface area is 195 Å². The Morgan fingerprint density at radius 2 is 1.56 bits per heavy atom. The number of carbonyl (C=O) groups is 1. The van der Waals surface area contributed by atoms with Crippen molar-refractivity contribution in [3.63, 3.8) is 0 Å². The zero-order valence-corrected chi connectivity index (χ0v) is 19.2. The minimum atomic E-state index is -0.741. The van der Waals surface area contributed by atoms with Gasteiger partial charge in [0, 0.05) is 24.3 Å². The highest BCUT2D eigenvalue weighted by atomic mass is 35.5. The van der Waals surface area contributed by atoms with E-state index in [4.69, 9.17) is 16.3 Å². The molecular weight excluding hydrogens is 422 g/mol. The lowest BCUT2D eigenvalue weighted by Gasteiger charge is -2.44. The zero-order valence-electron chi connectivity index (χ0n) is 18.4. The van der Waals surface area contributed by atoms with E-state index in [0.29, 0.717) is 18.2 Å². The third kappa shape index (κ3) is 4.20. The summed E-state index contributed by atoms with van der Waals surface area (Å²) in [5.41, 5.74) is 2.32. The number of hydrogen-bond acceptors (Lipinski definition) is 4. The van der Waals surface area contributed by atoms with Gasteiger partial charge >= 0.3 is 0 Å². The van der Waals surface area contributed by atoms with Gasteiger partial charge in [-0.25, -0.2) is 0 Å². The van der Waals surface area contributed by atoms with Crippen molar-refractivity contribution >= 4 is 28.9 Å². The molecule has 0 radical (unpaired) electrons. The van der Waals surface area contributed by atoms with Gasteiger partial charge in [-0.15, -0.1) is 0 Å². The Morgan fingerprint density at radius 1 is 0.938 bits per heavy atom. The van der Waals surface area contributed by atoms with Gasteiger partial charge in [0.25, 0.3) is 0 Å². The van der Waals surface area contributed by atoms with Crippen LogP contribution in [0.4, 0.5) is 11.4 Å². The number of rotatable bonds is 5. The molecule has 5 nitrogen and oxygen atoms in total. The smallest absolute Gasteiger partial charge is 0.228 e. The first-order valence-electron chi connectivity index (χ1n) is 12.0. The molecule has 1 saturated heterocycles. The predicted octanol–water partition coefficient (Wildman–Crippen LogP) is 5.52. The summed E-state index contributed by atoms with van der Waals surface area (Å²) < 4.78 is 5.67. The van der Waals surface area contributed by atoms with E-state index in [1.54, 1.807) is 0 Å². The average molecular weight is 454 g/mol. The highest BCUT2D eigenvalue weighted by Crippen LogP contribution is 2.48. The lowest BCUT2D eigenvalue weighted by atomic mass is 9.73. The normalized spacial score (nSPS) is 21.8. The minimum Gasteiger partial charge on any atom is -0.381 e. The Hall–Kier alpha value is -2.24. The summed E-state index contributed by atoms with van der Waals surface area (Å²) in [5, 5.41) is 11.6. The van der Waals surface area contributed by atoms with E-state index in [1.807, 2.05) is 36.4 Å². The van der Waals surface area contributed by atoms with Gasteiger partial charge in [-0.3, -0.25) is 4.79 Å². The first kappa shape index (κ1) is 21.6. The van der Waals surface area contributed by atoms with Gasteiger partial charge in [-0.05, 0) is 61.4 Å². The fourth-order valence-electron chi connectivity index (χ4n) is 5.70. The number of hydrogen-bond donors (Lipinski definition) is 3. The molecule has 2 aromatic rings. The number of amides is 1. The summed E-state index contributed by atoms with van der Waals surface area (Å²) in [6.07, 6.45) is 7.54. The average Bonchev–Trinajstić information content (AvgIpc) is 3.21. The van der Waals surface area contributed by atoms with E-state index in [2.05, 4.69) is 28.1 Å². The van der Waals surface area contributed by atoms with Gasteiger partial charge in [0.2, 0.25) is 5.91 Å². The van der Waals surface area contributed by atoms with Crippen molar-refractivity contribution in [3.05, 3.63) is 59.1 Å². The van der Waals surface area contributed by atoms with Crippen molar-refractivity contribution in [2.24, 2.45) is 11.8 Å². The molecule has 5 rings (SSSR count). The molecule has 2 fully saturated rings. The van der Waals surface area contributed by atoms with Crippen molar-refractivity contribution in [3.8, 4) is 0 Å². The third-order valence-corrected chi connectivity index (χ3v) is 7.58. The molecular formula is C26H32ClN3O2. The largest absolute Gasteiger partial charge is 0.381 e. The molecule has 2 aliphatic heterocycles. The minimum absolute atomic E-state index is 0.131. The standard InChI is InChI=1S/C26H32ClN3O2/c27-20-12-10-19(11-13-20)26(29-22-8-4-5-9-23(22)30-26)24(18-14-16-32-17-15-18)25(31)28-21-6-2-1-3-7-21/h4-5,8-13,18,21,24,29-30H,1-3,6-7,14-17H2,(H,28,31)/t24-/m1/s1. The van der Waals surface area contributed by atoms with Crippen LogP contribution in [-0.2, 0) is 15.2 Å². The molecule has 2 heterocycles. The van der Waals surface area contributed by atoms with E-state index in [0.717, 1.165) is 42.6 Å². The maximum atomic E-state index is 14.0. The molecule has 1 aliphatic carbocycles. The van der Waals surface area contributed by atoms with Crippen molar-refractivity contribution in [2.75, 3.05) is 23.8 Å². The first-order valence-corrected chi connectivity index (χ1v) is 12.3. The number of nitrogens with one attached hydrogen (secondary N) is 3. The molecule has 1 atom stereocenters. The summed E-state index contributed by atoms with van der Waals surface area (Å²) in [5.74, 6) is 0.0470. The summed E-state index contributed by atoms with van der Waals surface area (Å²) >= 11 is 6.24. The van der Waals surface area contributed by atoms with Crippen molar-refractivity contribution in [1.29, 1.82) is 0 Å². The highest BCUT2D eigenvalue weighted by Gasteiger charge is 2.52. The number of fused-ring (bicyclic) bond motifs is 1. The van der Waals surface area contributed by atoms with Gasteiger partial charge < -0.3 is 20.7 Å². The van der Waals surface area contributed by atoms with Crippen molar-refractivity contribution < 1.29 is 9.53 Å². The van der Waals surface area contributed by atoms with Crippen LogP contribution < -0.4 is 16.0 Å². The molecule has 3 aliphatic rings. The van der Waals surface area contributed by atoms with Crippen molar-refractivity contribution in [2.45, 2.75) is 56.7 Å². The summed E-state index contributed by atoms with van der Waals surface area (Å²) in [7, 11) is 0. The zero-order chi connectivity index (χ0) is 22.0. The Bertz CT molecular complexity index is 911. The molecule has 1 saturated carbocycles. The first-order chi connectivity index (χ1) is 15.7. The van der Waals surface area contributed by atoms with E-state index in [-0.39, 0.29) is 23.8 Å². The molecule has 0 bridgehead atoms. The topological polar surface area (TPSA) is 62.4 Å². The van der Waals surface area contributed by atoms with Crippen LogP contribution in [0.3, 0.4) is 0 Å². The summed E-state index contributed by atoms with van der Waals surface area (Å²) in [6.45, 7) is 1.39. The number of halogens is 1. The van der Waals surface area contributed by atoms with Gasteiger partial charge in [0.05, 0.1) is 17.3 Å². The molecule has 2 aromatic carbocycles. The molecule has 0 unspecified atom stereocenters. The van der Waals surface area contributed by atoms with Crippen LogP contribution in [0.2, 0.25) is 5.02 Å². The maximum Gasteiger partial charge on any atom is 0.228 e. The molecule has 0 aromatic heterocycles. The second-order valence-electron chi connectivity index (χ2n) is 9.38. The van der Waals surface area contributed by atoms with Crippen molar-refractivity contribution in [1.82, 2.24) is 5.32 Å². The highest BCUT2D eigenvalue weighted by molar-refractivity contribution is 6.30. The summed E-state index contributed by atoms with van der Waals surface area (Å²) in [6, 6.07) is 16.3. The number of carbonyl (C=O) groups excluding carboxylic acids is 1. The molecule has 3 N–H and O–H groups in total. The van der Waals surface area contributed by atoms with Gasteiger partial charge in [0.15, 0.2) is 0 Å². The number of para-hydroxylation sites is 2. The monoisotopic (exact) mass is 453 g/mol. The fraction of sp³-hybridized carbons (Fsp3) is 0.500. The van der Waals surface area contributed by atoms with Crippen LogP contribution in [0.5, 0.6) is 0 Å². The fourth-order valence-corrected chi connectivity index (χ4v) is 5.83. The van der Waals surface area contributed by atoms with Crippen LogP contribution in [0.15, 0.2) is 48.5 Å². The number of benzene rings is 2. The second kappa shape index (κ2) is 9.32. The second-order valence-corrected chi connectivity index (χ2v) is 9.82. The Morgan fingerprint density at radius 3 is 2.19 bits per heavy atom. The molecule has 32 heavy (non-hydrogen) atoms. The van der Waals surface area contributed by atoms with E-state index in [1.165, 1.54) is 19.3 Å². The van der Waals surface area contributed by atoms with Gasteiger partial charge in [-0.2, -0.15) is 0 Å². The summed E-state index contributed by atoms with van der Waals surface area (Å²) in [4.78, 5) is 14.0. The predicted molar refractivity (Wildman–Crippen MR) is 129 cm³/mol. The van der Waals surface area contributed by atoms with Crippen LogP contribution in [0, 0.1) is 11.8 Å². The molecule has 1 amide bonds. The SMILES string of the molecule is O=C(NC1CCCCC1)[C@@H](C1CCOCC1)C1(c2ccc(Cl)cc2)Nc2ccccc2N1. The maximum absolute atomic E-state index is 14.0. The molecule has 170 valence electrons. The molecule has 0 spiro atoms. The van der Waals surface area contributed by atoms with Gasteiger partial charge in [0.1, 0.15) is 5.66 Å². The van der Waals surface area contributed by atoms with Crippen LogP contribution in [-0.4, -0.2) is 25.2 Å².